The maximum atomic E-state index is 12.9. The van der Waals surface area contributed by atoms with E-state index in [1.807, 2.05) is 20.8 Å². The molecule has 0 aliphatic heterocycles. The Morgan fingerprint density at radius 1 is 1.17 bits per heavy atom. The average Bonchev–Trinajstić information content (AvgIpc) is 2.92. The molecule has 0 aliphatic carbocycles. The zero-order valence-electron chi connectivity index (χ0n) is 14.2. The zero-order valence-corrected chi connectivity index (χ0v) is 14.2. The Bertz CT molecular complexity index is 704. The van der Waals surface area contributed by atoms with Crippen molar-refractivity contribution >= 4 is 11.8 Å². The highest BCUT2D eigenvalue weighted by atomic mass is 19.4. The fraction of sp³-hybridized carbons (Fsp3) is 0.533. The second-order valence-electron chi connectivity index (χ2n) is 6.55. The second kappa shape index (κ2) is 6.29. The van der Waals surface area contributed by atoms with Crippen molar-refractivity contribution in [1.29, 1.82) is 0 Å². The van der Waals surface area contributed by atoms with Crippen molar-refractivity contribution in [3.63, 3.8) is 0 Å². The molecular weight excluding hydrogens is 323 g/mol. The van der Waals surface area contributed by atoms with Gasteiger partial charge in [-0.15, -0.1) is 0 Å². The molecule has 0 aromatic carbocycles. The second-order valence-corrected chi connectivity index (χ2v) is 6.55. The molecule has 0 radical (unpaired) electrons. The number of halogens is 3. The van der Waals surface area contributed by atoms with E-state index in [0.717, 1.165) is 6.07 Å². The minimum atomic E-state index is -4.55. The first-order chi connectivity index (χ1) is 11.0. The molecule has 9 heteroatoms. The van der Waals surface area contributed by atoms with E-state index in [0.29, 0.717) is 11.7 Å². The lowest BCUT2D eigenvalue weighted by atomic mass is 9.94. The van der Waals surface area contributed by atoms with Crippen LogP contribution in [0, 0.1) is 0 Å². The van der Waals surface area contributed by atoms with Crippen LogP contribution in [0.3, 0.4) is 0 Å². The van der Waals surface area contributed by atoms with E-state index in [-0.39, 0.29) is 23.7 Å². The molecule has 2 aromatic rings. The first-order valence-electron chi connectivity index (χ1n) is 7.29. The van der Waals surface area contributed by atoms with Gasteiger partial charge >= 0.3 is 6.18 Å². The predicted molar refractivity (Wildman–Crippen MR) is 83.9 cm³/mol. The first-order valence-corrected chi connectivity index (χ1v) is 7.29. The van der Waals surface area contributed by atoms with E-state index >= 15 is 0 Å². The maximum absolute atomic E-state index is 12.9. The maximum Gasteiger partial charge on any atom is 0.433 e. The largest absolute Gasteiger partial charge is 0.443 e. The average molecular weight is 343 g/mol. The van der Waals surface area contributed by atoms with Crippen LogP contribution < -0.4 is 10.2 Å². The van der Waals surface area contributed by atoms with Gasteiger partial charge in [0.25, 0.3) is 0 Å². The number of hydrogen-bond acceptors (Lipinski definition) is 6. The standard InChI is InChI=1S/C15H20F3N5O/c1-14(2,3)10-7-19-12(24-10)8-20-13-21-9(15(16,17)18)6-11(22-13)23(4)5/h6-7H,8H2,1-5H3,(H,20,21,22). The Morgan fingerprint density at radius 2 is 1.83 bits per heavy atom. The zero-order chi connectivity index (χ0) is 18.1. The quantitative estimate of drug-likeness (QED) is 0.917. The molecule has 0 fully saturated rings. The van der Waals surface area contributed by atoms with Crippen LogP contribution in [0.25, 0.3) is 0 Å². The number of rotatable bonds is 4. The van der Waals surface area contributed by atoms with Gasteiger partial charge in [-0.05, 0) is 0 Å². The van der Waals surface area contributed by atoms with Crippen molar-refractivity contribution in [2.24, 2.45) is 0 Å². The van der Waals surface area contributed by atoms with Gasteiger partial charge in [0, 0.05) is 25.6 Å². The van der Waals surface area contributed by atoms with Gasteiger partial charge in [-0.25, -0.2) is 9.97 Å². The summed E-state index contributed by atoms with van der Waals surface area (Å²) in [5.41, 5.74) is -1.21. The summed E-state index contributed by atoms with van der Waals surface area (Å²) in [6, 6.07) is 0.897. The van der Waals surface area contributed by atoms with Crippen LogP contribution in [0.1, 0.15) is 38.1 Å². The molecule has 1 N–H and O–H groups in total. The summed E-state index contributed by atoms with van der Waals surface area (Å²) in [6.45, 7) is 6.02. The summed E-state index contributed by atoms with van der Waals surface area (Å²) < 4.78 is 44.4. The van der Waals surface area contributed by atoms with Gasteiger partial charge in [0.05, 0.1) is 12.7 Å². The molecule has 0 spiro atoms. The normalized spacial score (nSPS) is 12.3. The number of nitrogens with zero attached hydrogens (tertiary/aromatic N) is 4. The molecule has 0 atom stereocenters. The summed E-state index contributed by atoms with van der Waals surface area (Å²) >= 11 is 0. The van der Waals surface area contributed by atoms with E-state index in [4.69, 9.17) is 4.42 Å². The van der Waals surface area contributed by atoms with Gasteiger partial charge < -0.3 is 14.6 Å². The summed E-state index contributed by atoms with van der Waals surface area (Å²) in [5, 5.41) is 2.73. The summed E-state index contributed by atoms with van der Waals surface area (Å²) in [4.78, 5) is 13.2. The molecule has 0 amide bonds. The first kappa shape index (κ1) is 18.0. The number of anilines is 2. The minimum Gasteiger partial charge on any atom is -0.443 e. The van der Waals surface area contributed by atoms with Crippen molar-refractivity contribution in [3.05, 3.63) is 29.6 Å². The molecule has 24 heavy (non-hydrogen) atoms. The molecule has 0 bridgehead atoms. The molecule has 0 aliphatic rings. The summed E-state index contributed by atoms with van der Waals surface area (Å²) in [5.74, 6) is 1.07. The van der Waals surface area contributed by atoms with Crippen LogP contribution in [0.4, 0.5) is 24.9 Å². The molecule has 0 saturated heterocycles. The SMILES string of the molecule is CN(C)c1cc(C(F)(F)F)nc(NCc2ncc(C(C)(C)C)o2)n1. The minimum absolute atomic E-state index is 0.0876. The highest BCUT2D eigenvalue weighted by Crippen LogP contribution is 2.30. The van der Waals surface area contributed by atoms with E-state index in [2.05, 4.69) is 20.3 Å². The Morgan fingerprint density at radius 3 is 2.33 bits per heavy atom. The van der Waals surface area contributed by atoms with Crippen molar-refractivity contribution in [1.82, 2.24) is 15.0 Å². The fourth-order valence-electron chi connectivity index (χ4n) is 1.78. The van der Waals surface area contributed by atoms with Gasteiger partial charge in [-0.1, -0.05) is 20.8 Å². The number of hydrogen-bond donors (Lipinski definition) is 1. The molecule has 0 unspecified atom stereocenters. The van der Waals surface area contributed by atoms with Crippen LogP contribution in [-0.2, 0) is 18.1 Å². The fourth-order valence-corrected chi connectivity index (χ4v) is 1.78. The van der Waals surface area contributed by atoms with Crippen molar-refractivity contribution < 1.29 is 17.6 Å². The summed E-state index contributed by atoms with van der Waals surface area (Å²) in [6.07, 6.45) is -2.94. The van der Waals surface area contributed by atoms with Gasteiger partial charge in [-0.2, -0.15) is 18.2 Å². The molecule has 6 nitrogen and oxygen atoms in total. The number of alkyl halides is 3. The van der Waals surface area contributed by atoms with E-state index < -0.39 is 11.9 Å². The lowest BCUT2D eigenvalue weighted by Gasteiger charge is -2.15. The van der Waals surface area contributed by atoms with Crippen LogP contribution in [0.15, 0.2) is 16.7 Å². The van der Waals surface area contributed by atoms with Crippen LogP contribution >= 0.6 is 0 Å². The van der Waals surface area contributed by atoms with Gasteiger partial charge in [0.15, 0.2) is 5.69 Å². The highest BCUT2D eigenvalue weighted by Gasteiger charge is 2.34. The monoisotopic (exact) mass is 343 g/mol. The third-order valence-corrected chi connectivity index (χ3v) is 3.15. The van der Waals surface area contributed by atoms with Crippen molar-refractivity contribution in [2.45, 2.75) is 38.9 Å². The number of nitrogens with one attached hydrogen (secondary N) is 1. The molecule has 0 saturated carbocycles. The predicted octanol–water partition coefficient (Wildman–Crippen LogP) is 3.46. The molecule has 2 rings (SSSR count). The van der Waals surface area contributed by atoms with E-state index in [1.54, 1.807) is 20.3 Å². The van der Waals surface area contributed by atoms with Crippen molar-refractivity contribution in [2.75, 3.05) is 24.3 Å². The van der Waals surface area contributed by atoms with E-state index in [9.17, 15) is 13.2 Å². The lowest BCUT2D eigenvalue weighted by Crippen LogP contribution is -2.17. The Balaban J connectivity index is 2.20. The molecule has 2 aromatic heterocycles. The van der Waals surface area contributed by atoms with Crippen LogP contribution in [0.2, 0.25) is 0 Å². The van der Waals surface area contributed by atoms with Crippen LogP contribution in [0.5, 0.6) is 0 Å². The third kappa shape index (κ3) is 4.36. The smallest absolute Gasteiger partial charge is 0.433 e. The van der Waals surface area contributed by atoms with E-state index in [1.165, 1.54) is 4.90 Å². The Labute approximate surface area is 138 Å². The summed E-state index contributed by atoms with van der Waals surface area (Å²) in [7, 11) is 3.21. The topological polar surface area (TPSA) is 67.1 Å². The number of aromatic nitrogens is 3. The Hall–Kier alpha value is -2.32. The lowest BCUT2D eigenvalue weighted by molar-refractivity contribution is -0.141. The van der Waals surface area contributed by atoms with Gasteiger partial charge in [0.2, 0.25) is 11.8 Å². The molecule has 2 heterocycles. The molecule has 132 valence electrons. The molecular formula is C15H20F3N5O. The Kier molecular flexibility index (Phi) is 4.73. The van der Waals surface area contributed by atoms with Gasteiger partial charge in [-0.3, -0.25) is 0 Å². The van der Waals surface area contributed by atoms with Crippen LogP contribution in [-0.4, -0.2) is 29.0 Å². The number of oxazole rings is 1. The highest BCUT2D eigenvalue weighted by molar-refractivity contribution is 5.44. The third-order valence-electron chi connectivity index (χ3n) is 3.15. The van der Waals surface area contributed by atoms with Crippen molar-refractivity contribution in [3.8, 4) is 0 Å². The van der Waals surface area contributed by atoms with Gasteiger partial charge in [0.1, 0.15) is 11.6 Å².